The van der Waals surface area contributed by atoms with Crippen molar-refractivity contribution in [2.75, 3.05) is 26.4 Å². The molecular weight excluding hydrogens is 261 g/mol. The van der Waals surface area contributed by atoms with Crippen LogP contribution in [0.25, 0.3) is 0 Å². The lowest BCUT2D eigenvalue weighted by Crippen LogP contribution is -2.56. The summed E-state index contributed by atoms with van der Waals surface area (Å²) in [6.45, 7) is -1.98. The van der Waals surface area contributed by atoms with Crippen LogP contribution in [0, 0.1) is 0 Å². The van der Waals surface area contributed by atoms with E-state index in [0.29, 0.717) is 0 Å². The molecule has 0 aliphatic heterocycles. The third-order valence-electron chi connectivity index (χ3n) is 1.52. The molecule has 0 bridgehead atoms. The van der Waals surface area contributed by atoms with Gasteiger partial charge in [0.2, 0.25) is 0 Å². The first-order chi connectivity index (χ1) is 7.60. The molecule has 0 atom stereocenters. The third kappa shape index (κ3) is 13.4. The highest BCUT2D eigenvalue weighted by Gasteiger charge is 2.27. The first-order valence-corrected chi connectivity index (χ1v) is 5.74. The molecule has 0 aliphatic rings. The number of nitrogens with one attached hydrogen (secondary N) is 1. The van der Waals surface area contributed by atoms with Crippen molar-refractivity contribution in [1.29, 1.82) is 0 Å². The van der Waals surface area contributed by atoms with Crippen molar-refractivity contribution in [1.82, 2.24) is 5.32 Å². The maximum absolute atomic E-state index is 10.1. The molecule has 11 heteroatoms. The van der Waals surface area contributed by atoms with Crippen molar-refractivity contribution >= 4 is 13.8 Å². The zero-order chi connectivity index (χ0) is 14.1. The Balaban J connectivity index is 0. The summed E-state index contributed by atoms with van der Waals surface area (Å²) in [5.41, 5.74) is -1.31. The van der Waals surface area contributed by atoms with Gasteiger partial charge in [0.05, 0.1) is 31.9 Å². The van der Waals surface area contributed by atoms with Gasteiger partial charge in [0.25, 0.3) is 0 Å². The molecule has 10 nitrogen and oxygen atoms in total. The molecule has 0 amide bonds. The van der Waals surface area contributed by atoms with Crippen LogP contribution in [0.5, 0.6) is 0 Å². The van der Waals surface area contributed by atoms with Crippen LogP contribution >= 0.6 is 7.82 Å². The molecule has 0 rings (SSSR count). The van der Waals surface area contributed by atoms with Gasteiger partial charge in [-0.3, -0.25) is 10.1 Å². The van der Waals surface area contributed by atoms with Crippen LogP contribution < -0.4 is 5.32 Å². The molecule has 0 aromatic carbocycles. The Morgan fingerprint density at radius 2 is 1.35 bits per heavy atom. The number of aliphatic hydroxyl groups is 3. The van der Waals surface area contributed by atoms with E-state index in [9.17, 15) is 4.79 Å². The summed E-state index contributed by atoms with van der Waals surface area (Å²) >= 11 is 0. The van der Waals surface area contributed by atoms with Gasteiger partial charge >= 0.3 is 13.8 Å². The average Bonchev–Trinajstić information content (AvgIpc) is 2.18. The van der Waals surface area contributed by atoms with E-state index in [1.54, 1.807) is 0 Å². The van der Waals surface area contributed by atoms with Gasteiger partial charge in [0, 0.05) is 0 Å². The summed E-state index contributed by atoms with van der Waals surface area (Å²) in [5, 5.41) is 36.7. The first-order valence-electron chi connectivity index (χ1n) is 4.18. The molecular formula is C6H16NO9P. The smallest absolute Gasteiger partial charge is 0.466 e. The Morgan fingerprint density at radius 3 is 1.53 bits per heavy atom. The second kappa shape index (κ2) is 8.50. The molecule has 0 aromatic heterocycles. The molecule has 0 aromatic rings. The molecule has 0 spiro atoms. The number of carboxylic acid groups (broad SMARTS) is 1. The van der Waals surface area contributed by atoms with Crippen molar-refractivity contribution in [2.45, 2.75) is 5.54 Å². The van der Waals surface area contributed by atoms with Gasteiger partial charge < -0.3 is 35.1 Å². The van der Waals surface area contributed by atoms with Gasteiger partial charge in [-0.15, -0.1) is 0 Å². The number of rotatable bonds is 6. The van der Waals surface area contributed by atoms with Crippen LogP contribution in [0.4, 0.5) is 0 Å². The van der Waals surface area contributed by atoms with Gasteiger partial charge in [-0.1, -0.05) is 0 Å². The summed E-state index contributed by atoms with van der Waals surface area (Å²) in [7, 11) is -4.64. The topological polar surface area (TPSA) is 188 Å². The van der Waals surface area contributed by atoms with Crippen LogP contribution in [0.3, 0.4) is 0 Å². The normalized spacial score (nSPS) is 11.6. The molecule has 17 heavy (non-hydrogen) atoms. The van der Waals surface area contributed by atoms with Crippen LogP contribution in [-0.4, -0.2) is 73.0 Å². The molecule has 0 heterocycles. The second-order valence-corrected chi connectivity index (χ2v) is 4.04. The Hall–Kier alpha value is -0.580. The zero-order valence-electron chi connectivity index (χ0n) is 8.72. The van der Waals surface area contributed by atoms with Crippen LogP contribution in [0.1, 0.15) is 0 Å². The minimum atomic E-state index is -4.64. The molecule has 0 aliphatic carbocycles. The van der Waals surface area contributed by atoms with Crippen LogP contribution in [0.15, 0.2) is 0 Å². The van der Waals surface area contributed by atoms with Crippen molar-refractivity contribution in [3.63, 3.8) is 0 Å². The number of carbonyl (C=O) groups is 1. The highest BCUT2D eigenvalue weighted by atomic mass is 31.2. The lowest BCUT2D eigenvalue weighted by atomic mass is 10.0. The summed E-state index contributed by atoms with van der Waals surface area (Å²) in [6, 6.07) is 0. The number of aliphatic carboxylic acids is 1. The fourth-order valence-electron chi connectivity index (χ4n) is 0.581. The van der Waals surface area contributed by atoms with Gasteiger partial charge in [0.1, 0.15) is 0 Å². The molecule has 0 radical (unpaired) electrons. The van der Waals surface area contributed by atoms with E-state index in [0.717, 1.165) is 0 Å². The second-order valence-electron chi connectivity index (χ2n) is 3.02. The van der Waals surface area contributed by atoms with Crippen LogP contribution in [-0.2, 0) is 9.36 Å². The molecule has 0 unspecified atom stereocenters. The summed E-state index contributed by atoms with van der Waals surface area (Å²) in [5.74, 6) is -1.12. The van der Waals surface area contributed by atoms with Crippen molar-refractivity contribution < 1.29 is 44.5 Å². The molecule has 0 saturated heterocycles. The van der Waals surface area contributed by atoms with Gasteiger partial charge in [0.15, 0.2) is 0 Å². The zero-order valence-corrected chi connectivity index (χ0v) is 9.62. The number of phosphoric acid groups is 1. The van der Waals surface area contributed by atoms with E-state index >= 15 is 0 Å². The molecule has 0 saturated carbocycles. The number of hydrogen-bond donors (Lipinski definition) is 8. The predicted octanol–water partition coefficient (Wildman–Crippen LogP) is -3.55. The summed E-state index contributed by atoms with van der Waals surface area (Å²) in [6.07, 6.45) is 0. The largest absolute Gasteiger partial charge is 0.480 e. The van der Waals surface area contributed by atoms with E-state index in [2.05, 4.69) is 5.32 Å². The van der Waals surface area contributed by atoms with Crippen LogP contribution in [0.2, 0.25) is 0 Å². The summed E-state index contributed by atoms with van der Waals surface area (Å²) < 4.78 is 8.88. The highest BCUT2D eigenvalue weighted by molar-refractivity contribution is 7.45. The Labute approximate surface area is 96.4 Å². The number of hydrogen-bond acceptors (Lipinski definition) is 6. The van der Waals surface area contributed by atoms with E-state index in [-0.39, 0.29) is 0 Å². The van der Waals surface area contributed by atoms with Gasteiger partial charge in [-0.25, -0.2) is 4.57 Å². The summed E-state index contributed by atoms with van der Waals surface area (Å²) in [4.78, 5) is 31.6. The SMILES string of the molecule is O=C(O)CNC(CO)(CO)CO.O=P(O)(O)O. The average molecular weight is 277 g/mol. The Morgan fingerprint density at radius 1 is 1.06 bits per heavy atom. The number of aliphatic hydroxyl groups excluding tert-OH is 3. The fraction of sp³-hybridized carbons (Fsp3) is 0.833. The third-order valence-corrected chi connectivity index (χ3v) is 1.52. The van der Waals surface area contributed by atoms with Crippen molar-refractivity contribution in [3.05, 3.63) is 0 Å². The van der Waals surface area contributed by atoms with Crippen molar-refractivity contribution in [3.8, 4) is 0 Å². The van der Waals surface area contributed by atoms with Gasteiger partial charge in [-0.05, 0) is 0 Å². The predicted molar refractivity (Wildman–Crippen MR) is 53.9 cm³/mol. The van der Waals surface area contributed by atoms with E-state index in [1.807, 2.05) is 0 Å². The maximum atomic E-state index is 10.1. The lowest BCUT2D eigenvalue weighted by molar-refractivity contribution is -0.136. The minimum absolute atomic E-state index is 0.415. The lowest BCUT2D eigenvalue weighted by Gasteiger charge is -2.27. The fourth-order valence-corrected chi connectivity index (χ4v) is 0.581. The molecule has 104 valence electrons. The van der Waals surface area contributed by atoms with E-state index < -0.39 is 45.7 Å². The Kier molecular flexibility index (Phi) is 9.39. The quantitative estimate of drug-likeness (QED) is 0.226. The first kappa shape index (κ1) is 18.8. The number of carboxylic acids is 1. The highest BCUT2D eigenvalue weighted by Crippen LogP contribution is 2.25. The molecule has 8 N–H and O–H groups in total. The van der Waals surface area contributed by atoms with Gasteiger partial charge in [-0.2, -0.15) is 0 Å². The van der Waals surface area contributed by atoms with E-state index in [1.165, 1.54) is 0 Å². The van der Waals surface area contributed by atoms with E-state index in [4.69, 9.17) is 39.7 Å². The monoisotopic (exact) mass is 277 g/mol. The maximum Gasteiger partial charge on any atom is 0.466 e. The molecule has 0 fully saturated rings. The minimum Gasteiger partial charge on any atom is -0.480 e. The Bertz CT molecular complexity index is 244. The standard InChI is InChI=1S/C6H13NO5.H3O4P/c8-2-6(3-9,4-10)7-1-5(11)12;1-5(2,3)4/h7-10H,1-4H2,(H,11,12);(H3,1,2,3,4). The van der Waals surface area contributed by atoms with Crippen molar-refractivity contribution in [2.24, 2.45) is 0 Å².